The van der Waals surface area contributed by atoms with Gasteiger partial charge in [-0.15, -0.1) is 0 Å². The van der Waals surface area contributed by atoms with Crippen LogP contribution in [-0.4, -0.2) is 12.0 Å². The first kappa shape index (κ1) is 16.9. The van der Waals surface area contributed by atoms with Crippen molar-refractivity contribution in [3.05, 3.63) is 58.9 Å². The minimum atomic E-state index is -1.63. The highest BCUT2D eigenvalue weighted by Gasteiger charge is 2.20. The molecule has 0 saturated heterocycles. The number of nitrogens with one attached hydrogen (secondary N) is 1. The van der Waals surface area contributed by atoms with Crippen LogP contribution in [0.15, 0.2) is 30.3 Å². The Labute approximate surface area is 132 Å². The normalized spacial score (nSPS) is 11.9. The third kappa shape index (κ3) is 3.64. The molecule has 1 unspecified atom stereocenters. The molecule has 0 aliphatic heterocycles. The van der Waals surface area contributed by atoms with E-state index in [-0.39, 0.29) is 0 Å². The summed E-state index contributed by atoms with van der Waals surface area (Å²) in [6.07, 6.45) is -0.942. The zero-order chi connectivity index (χ0) is 17.1. The number of anilines is 1. The summed E-state index contributed by atoms with van der Waals surface area (Å²) in [5, 5.41) is 2.19. The van der Waals surface area contributed by atoms with E-state index in [2.05, 4.69) is 5.32 Å². The van der Waals surface area contributed by atoms with E-state index in [0.717, 1.165) is 23.3 Å². The predicted octanol–water partition coefficient (Wildman–Crippen LogP) is 4.13. The van der Waals surface area contributed by atoms with Crippen molar-refractivity contribution in [2.45, 2.75) is 26.9 Å². The van der Waals surface area contributed by atoms with Crippen molar-refractivity contribution in [3.8, 4) is 5.75 Å². The number of rotatable bonds is 4. The summed E-state index contributed by atoms with van der Waals surface area (Å²) in [4.78, 5) is 12.0. The van der Waals surface area contributed by atoms with Gasteiger partial charge in [0.05, 0.1) is 5.69 Å². The summed E-state index contributed by atoms with van der Waals surface area (Å²) in [7, 11) is 0. The first-order valence-electron chi connectivity index (χ1n) is 6.98. The highest BCUT2D eigenvalue weighted by molar-refractivity contribution is 5.94. The van der Waals surface area contributed by atoms with Gasteiger partial charge in [0, 0.05) is 0 Å². The largest absolute Gasteiger partial charge is 0.481 e. The van der Waals surface area contributed by atoms with Crippen LogP contribution in [0, 0.1) is 31.3 Å². The number of aryl methyl sites for hydroxylation is 1. The third-order valence-corrected chi connectivity index (χ3v) is 3.52. The molecule has 1 amide bonds. The molecular formula is C17H16F3NO2. The molecule has 0 fully saturated rings. The van der Waals surface area contributed by atoms with Gasteiger partial charge in [-0.05, 0) is 50.1 Å². The van der Waals surface area contributed by atoms with Crippen molar-refractivity contribution in [1.29, 1.82) is 0 Å². The number of amides is 1. The maximum Gasteiger partial charge on any atom is 0.265 e. The molecule has 2 rings (SSSR count). The predicted molar refractivity (Wildman–Crippen MR) is 81.0 cm³/mol. The number of hydrogen-bond donors (Lipinski definition) is 1. The van der Waals surface area contributed by atoms with Crippen molar-refractivity contribution in [3.63, 3.8) is 0 Å². The van der Waals surface area contributed by atoms with E-state index in [1.54, 1.807) is 12.1 Å². The second-order valence-corrected chi connectivity index (χ2v) is 5.17. The average molecular weight is 323 g/mol. The Kier molecular flexibility index (Phi) is 4.93. The van der Waals surface area contributed by atoms with Crippen LogP contribution in [0.4, 0.5) is 18.9 Å². The molecule has 0 aromatic heterocycles. The van der Waals surface area contributed by atoms with Crippen molar-refractivity contribution in [2.75, 3.05) is 5.32 Å². The molecule has 0 spiro atoms. The molecule has 0 bridgehead atoms. The lowest BCUT2D eigenvalue weighted by Crippen LogP contribution is -2.30. The highest BCUT2D eigenvalue weighted by atomic mass is 19.2. The quantitative estimate of drug-likeness (QED) is 0.859. The summed E-state index contributed by atoms with van der Waals surface area (Å²) < 4.78 is 45.1. The smallest absolute Gasteiger partial charge is 0.265 e. The SMILES string of the molecule is Cc1cccc(OC(C)C(=O)Nc2ccc(F)c(F)c2F)c1C. The summed E-state index contributed by atoms with van der Waals surface area (Å²) in [5.41, 5.74) is 1.44. The fourth-order valence-corrected chi connectivity index (χ4v) is 1.95. The molecular weight excluding hydrogens is 307 g/mol. The zero-order valence-electron chi connectivity index (χ0n) is 12.9. The summed E-state index contributed by atoms with van der Waals surface area (Å²) in [6.45, 7) is 5.24. The number of hydrogen-bond acceptors (Lipinski definition) is 2. The standard InChI is InChI=1S/C17H16F3NO2/c1-9-5-4-6-14(10(9)2)23-11(3)17(22)21-13-8-7-12(18)15(19)16(13)20/h4-8,11H,1-3H3,(H,21,22). The molecule has 1 atom stereocenters. The molecule has 0 heterocycles. The van der Waals surface area contributed by atoms with Crippen molar-refractivity contribution in [1.82, 2.24) is 0 Å². The van der Waals surface area contributed by atoms with Gasteiger partial charge < -0.3 is 10.1 Å². The van der Waals surface area contributed by atoms with Crippen LogP contribution in [0.5, 0.6) is 5.75 Å². The van der Waals surface area contributed by atoms with Crippen LogP contribution >= 0.6 is 0 Å². The van der Waals surface area contributed by atoms with Gasteiger partial charge in [0.2, 0.25) is 0 Å². The lowest BCUT2D eigenvalue weighted by Gasteiger charge is -2.17. The summed E-state index contributed by atoms with van der Waals surface area (Å²) >= 11 is 0. The van der Waals surface area contributed by atoms with E-state index < -0.39 is 35.2 Å². The molecule has 122 valence electrons. The van der Waals surface area contributed by atoms with Gasteiger partial charge >= 0.3 is 0 Å². The maximum atomic E-state index is 13.6. The minimum absolute atomic E-state index is 0.440. The van der Waals surface area contributed by atoms with Gasteiger partial charge in [-0.25, -0.2) is 13.2 Å². The van der Waals surface area contributed by atoms with Gasteiger partial charge in [-0.2, -0.15) is 0 Å². The van der Waals surface area contributed by atoms with Gasteiger partial charge in [-0.3, -0.25) is 4.79 Å². The van der Waals surface area contributed by atoms with Crippen LogP contribution in [0.25, 0.3) is 0 Å². The fraction of sp³-hybridized carbons (Fsp3) is 0.235. The van der Waals surface area contributed by atoms with E-state index in [1.165, 1.54) is 6.92 Å². The van der Waals surface area contributed by atoms with E-state index in [9.17, 15) is 18.0 Å². The average Bonchev–Trinajstić information content (AvgIpc) is 2.52. The molecule has 6 heteroatoms. The van der Waals surface area contributed by atoms with Crippen LogP contribution in [-0.2, 0) is 4.79 Å². The lowest BCUT2D eigenvalue weighted by molar-refractivity contribution is -0.122. The molecule has 2 aromatic carbocycles. The van der Waals surface area contributed by atoms with Gasteiger partial charge in [0.15, 0.2) is 23.6 Å². The minimum Gasteiger partial charge on any atom is -0.481 e. The Morgan fingerprint density at radius 3 is 2.48 bits per heavy atom. The van der Waals surface area contributed by atoms with Crippen molar-refractivity contribution >= 4 is 11.6 Å². The fourth-order valence-electron chi connectivity index (χ4n) is 1.95. The second kappa shape index (κ2) is 6.73. The van der Waals surface area contributed by atoms with Crippen molar-refractivity contribution in [2.24, 2.45) is 0 Å². The van der Waals surface area contributed by atoms with E-state index >= 15 is 0 Å². The van der Waals surface area contributed by atoms with E-state index in [0.29, 0.717) is 5.75 Å². The highest BCUT2D eigenvalue weighted by Crippen LogP contribution is 2.23. The number of ether oxygens (including phenoxy) is 1. The van der Waals surface area contributed by atoms with E-state index in [4.69, 9.17) is 4.74 Å². The van der Waals surface area contributed by atoms with Gasteiger partial charge in [0.25, 0.3) is 5.91 Å². The Morgan fingerprint density at radius 1 is 1.09 bits per heavy atom. The lowest BCUT2D eigenvalue weighted by atomic mass is 10.1. The van der Waals surface area contributed by atoms with Crippen molar-refractivity contribution < 1.29 is 22.7 Å². The number of benzene rings is 2. The van der Waals surface area contributed by atoms with Crippen LogP contribution in [0.1, 0.15) is 18.1 Å². The maximum absolute atomic E-state index is 13.6. The topological polar surface area (TPSA) is 38.3 Å². The summed E-state index contributed by atoms with van der Waals surface area (Å²) in [6, 6.07) is 7.10. The number of carbonyl (C=O) groups excluding carboxylic acids is 1. The summed E-state index contributed by atoms with van der Waals surface area (Å²) in [5.74, 6) is -4.54. The number of halogens is 3. The molecule has 0 radical (unpaired) electrons. The van der Waals surface area contributed by atoms with E-state index in [1.807, 2.05) is 19.9 Å². The Balaban J connectivity index is 2.12. The first-order valence-corrected chi connectivity index (χ1v) is 6.98. The molecule has 23 heavy (non-hydrogen) atoms. The molecule has 1 N–H and O–H groups in total. The Hall–Kier alpha value is -2.50. The Morgan fingerprint density at radius 2 is 1.78 bits per heavy atom. The van der Waals surface area contributed by atoms with Gasteiger partial charge in [0.1, 0.15) is 5.75 Å². The molecule has 0 aliphatic carbocycles. The third-order valence-electron chi connectivity index (χ3n) is 3.52. The first-order chi connectivity index (χ1) is 10.8. The van der Waals surface area contributed by atoms with Crippen LogP contribution in [0.3, 0.4) is 0 Å². The van der Waals surface area contributed by atoms with Crippen LogP contribution < -0.4 is 10.1 Å². The molecule has 3 nitrogen and oxygen atoms in total. The van der Waals surface area contributed by atoms with Crippen LogP contribution in [0.2, 0.25) is 0 Å². The molecule has 2 aromatic rings. The molecule has 0 aliphatic rings. The Bertz CT molecular complexity index is 747. The van der Waals surface area contributed by atoms with Gasteiger partial charge in [-0.1, -0.05) is 12.1 Å². The molecule has 0 saturated carbocycles. The number of carbonyl (C=O) groups is 1. The monoisotopic (exact) mass is 323 g/mol. The second-order valence-electron chi connectivity index (χ2n) is 5.17. The zero-order valence-corrected chi connectivity index (χ0v) is 12.9.